The average molecular weight is 285 g/mol. The van der Waals surface area contributed by atoms with Gasteiger partial charge in [0.1, 0.15) is 0 Å². The van der Waals surface area contributed by atoms with Crippen molar-refractivity contribution < 1.29 is 9.53 Å². The van der Waals surface area contributed by atoms with Gasteiger partial charge in [0.25, 0.3) is 0 Å². The van der Waals surface area contributed by atoms with E-state index >= 15 is 0 Å². The number of nitrogens with one attached hydrogen (secondary N) is 1. The van der Waals surface area contributed by atoms with Crippen LogP contribution >= 0.6 is 12.4 Å². The van der Waals surface area contributed by atoms with Gasteiger partial charge in [-0.15, -0.1) is 12.4 Å². The molecule has 1 aliphatic heterocycles. The quantitative estimate of drug-likeness (QED) is 0.917. The number of anilines is 1. The molecule has 19 heavy (non-hydrogen) atoms. The van der Waals surface area contributed by atoms with Gasteiger partial charge in [-0.05, 0) is 19.1 Å². The van der Waals surface area contributed by atoms with Gasteiger partial charge in [-0.3, -0.25) is 4.79 Å². The van der Waals surface area contributed by atoms with Crippen LogP contribution in [0.5, 0.6) is 0 Å². The molecule has 0 bridgehead atoms. The van der Waals surface area contributed by atoms with Crippen molar-refractivity contribution in [2.45, 2.75) is 19.4 Å². The normalized spacial score (nSPS) is 18.5. The van der Waals surface area contributed by atoms with Crippen LogP contribution in [0.25, 0.3) is 0 Å². The van der Waals surface area contributed by atoms with Gasteiger partial charge in [0, 0.05) is 25.3 Å². The van der Waals surface area contributed by atoms with E-state index in [4.69, 9.17) is 4.74 Å². The van der Waals surface area contributed by atoms with Crippen LogP contribution in [0, 0.1) is 0 Å². The first kappa shape index (κ1) is 16.0. The van der Waals surface area contributed by atoms with E-state index in [-0.39, 0.29) is 24.4 Å². The minimum atomic E-state index is 0. The van der Waals surface area contributed by atoms with Crippen LogP contribution in [-0.4, -0.2) is 38.3 Å². The fourth-order valence-corrected chi connectivity index (χ4v) is 2.17. The molecule has 0 spiro atoms. The molecule has 1 unspecified atom stereocenters. The Bertz CT molecular complexity index is 380. The fourth-order valence-electron chi connectivity index (χ4n) is 2.17. The van der Waals surface area contributed by atoms with Gasteiger partial charge >= 0.3 is 0 Å². The van der Waals surface area contributed by atoms with Crippen molar-refractivity contribution in [2.75, 3.05) is 31.1 Å². The molecule has 1 aliphatic rings. The maximum Gasteiger partial charge on any atom is 0.229 e. The second-order valence-corrected chi connectivity index (χ2v) is 4.37. The van der Waals surface area contributed by atoms with Gasteiger partial charge in [0.15, 0.2) is 0 Å². The topological polar surface area (TPSA) is 41.6 Å². The highest BCUT2D eigenvalue weighted by atomic mass is 35.5. The minimum absolute atomic E-state index is 0. The molecule has 5 heteroatoms. The van der Waals surface area contributed by atoms with Crippen molar-refractivity contribution >= 4 is 24.0 Å². The summed E-state index contributed by atoms with van der Waals surface area (Å²) in [5.74, 6) is 0.123. The number of benzene rings is 1. The highest BCUT2D eigenvalue weighted by Gasteiger charge is 2.21. The van der Waals surface area contributed by atoms with Gasteiger partial charge in [-0.2, -0.15) is 0 Å². The molecule has 2 rings (SSSR count). The largest absolute Gasteiger partial charge is 0.375 e. The third-order valence-electron chi connectivity index (χ3n) is 3.09. The SMILES string of the molecule is CCN(C(=O)CC1CNCCO1)c1ccccc1.Cl. The molecular formula is C14H21ClN2O2. The summed E-state index contributed by atoms with van der Waals surface area (Å²) in [5, 5.41) is 3.24. The highest BCUT2D eigenvalue weighted by molar-refractivity contribution is 5.93. The molecule has 106 valence electrons. The van der Waals surface area contributed by atoms with E-state index in [1.54, 1.807) is 4.90 Å². The average Bonchev–Trinajstić information content (AvgIpc) is 2.42. The molecule has 0 aliphatic carbocycles. The van der Waals surface area contributed by atoms with E-state index in [2.05, 4.69) is 5.32 Å². The lowest BCUT2D eigenvalue weighted by molar-refractivity contribution is -0.121. The van der Waals surface area contributed by atoms with Crippen LogP contribution in [0.15, 0.2) is 30.3 Å². The Balaban J connectivity index is 0.00000180. The zero-order chi connectivity index (χ0) is 12.8. The van der Waals surface area contributed by atoms with E-state index in [0.29, 0.717) is 19.6 Å². The summed E-state index contributed by atoms with van der Waals surface area (Å²) in [6, 6.07) is 9.77. The van der Waals surface area contributed by atoms with Crippen LogP contribution in [0.1, 0.15) is 13.3 Å². The van der Waals surface area contributed by atoms with Crippen molar-refractivity contribution in [1.82, 2.24) is 5.32 Å². The number of halogens is 1. The summed E-state index contributed by atoms with van der Waals surface area (Å²) in [6.45, 7) is 5.00. The molecule has 0 radical (unpaired) electrons. The Kier molecular flexibility index (Phi) is 6.84. The van der Waals surface area contributed by atoms with Gasteiger partial charge in [0.2, 0.25) is 5.91 Å². The Hall–Kier alpha value is -1.10. The number of ether oxygens (including phenoxy) is 1. The molecule has 0 saturated carbocycles. The molecule has 0 aromatic heterocycles. The Morgan fingerprint density at radius 1 is 1.42 bits per heavy atom. The number of amides is 1. The maximum absolute atomic E-state index is 12.3. The second-order valence-electron chi connectivity index (χ2n) is 4.37. The maximum atomic E-state index is 12.3. The van der Waals surface area contributed by atoms with Gasteiger partial charge in [-0.25, -0.2) is 0 Å². The Morgan fingerprint density at radius 3 is 2.74 bits per heavy atom. The lowest BCUT2D eigenvalue weighted by Gasteiger charge is -2.27. The van der Waals surface area contributed by atoms with E-state index in [9.17, 15) is 4.79 Å². The van der Waals surface area contributed by atoms with E-state index in [0.717, 1.165) is 18.8 Å². The number of para-hydroxylation sites is 1. The number of hydrogen-bond donors (Lipinski definition) is 1. The van der Waals surface area contributed by atoms with Crippen molar-refractivity contribution in [3.63, 3.8) is 0 Å². The third kappa shape index (κ3) is 4.49. The Morgan fingerprint density at radius 2 is 2.16 bits per heavy atom. The molecule has 1 N–H and O–H groups in total. The zero-order valence-corrected chi connectivity index (χ0v) is 12.0. The summed E-state index contributed by atoms with van der Waals surface area (Å²) in [4.78, 5) is 14.1. The molecule has 1 heterocycles. The summed E-state index contributed by atoms with van der Waals surface area (Å²) in [6.07, 6.45) is 0.444. The minimum Gasteiger partial charge on any atom is -0.375 e. The van der Waals surface area contributed by atoms with Crippen molar-refractivity contribution in [3.05, 3.63) is 30.3 Å². The lowest BCUT2D eigenvalue weighted by Crippen LogP contribution is -2.42. The van der Waals surface area contributed by atoms with Gasteiger partial charge < -0.3 is 15.0 Å². The monoisotopic (exact) mass is 284 g/mol. The van der Waals surface area contributed by atoms with Crippen LogP contribution in [0.4, 0.5) is 5.69 Å². The molecule has 1 amide bonds. The van der Waals surface area contributed by atoms with Crippen LogP contribution in [-0.2, 0) is 9.53 Å². The number of nitrogens with zero attached hydrogens (tertiary/aromatic N) is 1. The standard InChI is InChI=1S/C14H20N2O2.ClH/c1-2-16(12-6-4-3-5-7-12)14(17)10-13-11-15-8-9-18-13;/h3-7,13,15H,2,8-11H2,1H3;1H. The second kappa shape index (κ2) is 8.15. The zero-order valence-electron chi connectivity index (χ0n) is 11.2. The molecular weight excluding hydrogens is 264 g/mol. The first-order valence-corrected chi connectivity index (χ1v) is 6.49. The van der Waals surface area contributed by atoms with Crippen molar-refractivity contribution in [1.29, 1.82) is 0 Å². The van der Waals surface area contributed by atoms with Gasteiger partial charge in [0.05, 0.1) is 19.1 Å². The summed E-state index contributed by atoms with van der Waals surface area (Å²) >= 11 is 0. The molecule has 1 aromatic carbocycles. The first-order chi connectivity index (χ1) is 8.81. The smallest absolute Gasteiger partial charge is 0.229 e. The molecule has 1 fully saturated rings. The molecule has 1 saturated heterocycles. The fraction of sp³-hybridized carbons (Fsp3) is 0.500. The predicted molar refractivity (Wildman–Crippen MR) is 78.9 cm³/mol. The number of carbonyl (C=O) groups is 1. The van der Waals surface area contributed by atoms with Crippen LogP contribution < -0.4 is 10.2 Å². The molecule has 1 atom stereocenters. The third-order valence-corrected chi connectivity index (χ3v) is 3.09. The van der Waals surface area contributed by atoms with Crippen molar-refractivity contribution in [2.24, 2.45) is 0 Å². The Labute approximate surface area is 120 Å². The summed E-state index contributed by atoms with van der Waals surface area (Å²) in [7, 11) is 0. The number of rotatable bonds is 4. The highest BCUT2D eigenvalue weighted by Crippen LogP contribution is 2.15. The van der Waals surface area contributed by atoms with E-state index in [1.165, 1.54) is 0 Å². The first-order valence-electron chi connectivity index (χ1n) is 6.49. The summed E-state index contributed by atoms with van der Waals surface area (Å²) < 4.78 is 5.57. The van der Waals surface area contributed by atoms with E-state index in [1.807, 2.05) is 37.3 Å². The number of carbonyl (C=O) groups excluding carboxylic acids is 1. The number of morpholine rings is 1. The van der Waals surface area contributed by atoms with Crippen LogP contribution in [0.3, 0.4) is 0 Å². The lowest BCUT2D eigenvalue weighted by atomic mass is 10.2. The number of hydrogen-bond acceptors (Lipinski definition) is 3. The van der Waals surface area contributed by atoms with Crippen LogP contribution in [0.2, 0.25) is 0 Å². The van der Waals surface area contributed by atoms with Crippen molar-refractivity contribution in [3.8, 4) is 0 Å². The molecule has 1 aromatic rings. The van der Waals surface area contributed by atoms with Gasteiger partial charge in [-0.1, -0.05) is 18.2 Å². The van der Waals surface area contributed by atoms with E-state index < -0.39 is 0 Å². The summed E-state index contributed by atoms with van der Waals surface area (Å²) in [5.41, 5.74) is 0.953. The predicted octanol–water partition coefficient (Wildman–Crippen LogP) is 1.84. The molecule has 4 nitrogen and oxygen atoms in total.